The van der Waals surface area contributed by atoms with Gasteiger partial charge in [0.05, 0.1) is 12.7 Å². The van der Waals surface area contributed by atoms with E-state index in [-0.39, 0.29) is 0 Å². The molecule has 0 saturated heterocycles. The summed E-state index contributed by atoms with van der Waals surface area (Å²) < 4.78 is 5.96. The SMILES string of the molecule is CCCC(C)OCC1[C@H](C)CCC[C@@H]1C. The lowest BCUT2D eigenvalue weighted by Crippen LogP contribution is -2.30. The van der Waals surface area contributed by atoms with Crippen LogP contribution in [0.15, 0.2) is 0 Å². The highest BCUT2D eigenvalue weighted by molar-refractivity contribution is 4.77. The second-order valence-electron chi connectivity index (χ2n) is 5.48. The molecule has 1 saturated carbocycles. The molecule has 0 aliphatic heterocycles. The van der Waals surface area contributed by atoms with Crippen LogP contribution in [0.5, 0.6) is 0 Å². The minimum atomic E-state index is 0.455. The third kappa shape index (κ3) is 4.14. The van der Waals surface area contributed by atoms with Gasteiger partial charge in [-0.1, -0.05) is 46.5 Å². The van der Waals surface area contributed by atoms with E-state index in [1.165, 1.54) is 32.1 Å². The van der Waals surface area contributed by atoms with E-state index in [1.54, 1.807) is 0 Å². The fourth-order valence-corrected chi connectivity index (χ4v) is 2.84. The van der Waals surface area contributed by atoms with E-state index >= 15 is 0 Å². The van der Waals surface area contributed by atoms with Gasteiger partial charge in [-0.05, 0) is 31.1 Å². The van der Waals surface area contributed by atoms with E-state index in [1.807, 2.05) is 0 Å². The van der Waals surface area contributed by atoms with Crippen LogP contribution in [0.1, 0.15) is 59.8 Å². The zero-order chi connectivity index (χ0) is 11.3. The quantitative estimate of drug-likeness (QED) is 0.661. The lowest BCUT2D eigenvalue weighted by atomic mass is 9.74. The van der Waals surface area contributed by atoms with E-state index < -0.39 is 0 Å². The molecule has 1 aliphatic rings. The molecule has 0 amide bonds. The Morgan fingerprint density at radius 1 is 1.20 bits per heavy atom. The van der Waals surface area contributed by atoms with Crippen LogP contribution in [0.3, 0.4) is 0 Å². The summed E-state index contributed by atoms with van der Waals surface area (Å²) in [5, 5.41) is 0. The van der Waals surface area contributed by atoms with Crippen molar-refractivity contribution in [2.24, 2.45) is 17.8 Å². The highest BCUT2D eigenvalue weighted by atomic mass is 16.5. The van der Waals surface area contributed by atoms with Gasteiger partial charge in [0.1, 0.15) is 0 Å². The van der Waals surface area contributed by atoms with Gasteiger partial charge in [0.15, 0.2) is 0 Å². The van der Waals surface area contributed by atoms with Crippen LogP contribution < -0.4 is 0 Å². The zero-order valence-electron chi connectivity index (χ0n) is 11.0. The van der Waals surface area contributed by atoms with E-state index in [4.69, 9.17) is 4.74 Å². The highest BCUT2D eigenvalue weighted by Crippen LogP contribution is 2.34. The lowest BCUT2D eigenvalue weighted by molar-refractivity contribution is -0.00472. The van der Waals surface area contributed by atoms with Crippen molar-refractivity contribution >= 4 is 0 Å². The molecule has 0 aromatic heterocycles. The Bertz CT molecular complexity index is 157. The molecule has 2 unspecified atom stereocenters. The summed E-state index contributed by atoms with van der Waals surface area (Å²) in [5.74, 6) is 2.53. The maximum Gasteiger partial charge on any atom is 0.0547 e. The molecule has 1 rings (SSSR count). The van der Waals surface area contributed by atoms with Crippen molar-refractivity contribution in [1.29, 1.82) is 0 Å². The number of ether oxygens (including phenoxy) is 1. The molecule has 1 heteroatoms. The standard InChI is InChI=1S/C14H28O/c1-5-7-13(4)15-10-14-11(2)8-6-9-12(14)3/h11-14H,5-10H2,1-4H3/t11-,12+,13?,14?. The summed E-state index contributed by atoms with van der Waals surface area (Å²) >= 11 is 0. The van der Waals surface area contributed by atoms with Gasteiger partial charge in [0, 0.05) is 0 Å². The molecule has 15 heavy (non-hydrogen) atoms. The molecule has 0 aromatic rings. The Balaban J connectivity index is 2.28. The number of rotatable bonds is 5. The maximum absolute atomic E-state index is 5.96. The Morgan fingerprint density at radius 3 is 2.33 bits per heavy atom. The smallest absolute Gasteiger partial charge is 0.0547 e. The highest BCUT2D eigenvalue weighted by Gasteiger charge is 2.27. The Hall–Kier alpha value is -0.0400. The molecule has 0 heterocycles. The van der Waals surface area contributed by atoms with Crippen LogP contribution in [-0.4, -0.2) is 12.7 Å². The molecular formula is C14H28O. The fourth-order valence-electron chi connectivity index (χ4n) is 2.84. The van der Waals surface area contributed by atoms with Crippen molar-refractivity contribution in [2.75, 3.05) is 6.61 Å². The predicted molar refractivity (Wildman–Crippen MR) is 66.0 cm³/mol. The van der Waals surface area contributed by atoms with Crippen LogP contribution in [0.4, 0.5) is 0 Å². The topological polar surface area (TPSA) is 9.23 Å². The summed E-state index contributed by atoms with van der Waals surface area (Å²) in [5.41, 5.74) is 0. The summed E-state index contributed by atoms with van der Waals surface area (Å²) in [6.45, 7) is 10.2. The predicted octanol–water partition coefficient (Wildman–Crippen LogP) is 4.26. The average Bonchev–Trinajstić information content (AvgIpc) is 2.17. The molecule has 0 N–H and O–H groups in total. The summed E-state index contributed by atoms with van der Waals surface area (Å²) in [6, 6.07) is 0. The lowest BCUT2D eigenvalue weighted by Gasteiger charge is -2.35. The minimum Gasteiger partial charge on any atom is -0.378 e. The van der Waals surface area contributed by atoms with Crippen molar-refractivity contribution in [2.45, 2.75) is 65.9 Å². The van der Waals surface area contributed by atoms with Crippen molar-refractivity contribution in [1.82, 2.24) is 0 Å². The van der Waals surface area contributed by atoms with Gasteiger partial charge < -0.3 is 4.74 Å². The molecule has 0 radical (unpaired) electrons. The van der Waals surface area contributed by atoms with E-state index in [0.717, 1.165) is 24.4 Å². The minimum absolute atomic E-state index is 0.455. The van der Waals surface area contributed by atoms with Crippen molar-refractivity contribution in [3.8, 4) is 0 Å². The van der Waals surface area contributed by atoms with Crippen LogP contribution in [-0.2, 0) is 4.74 Å². The number of hydrogen-bond donors (Lipinski definition) is 0. The van der Waals surface area contributed by atoms with Crippen molar-refractivity contribution in [3.63, 3.8) is 0 Å². The Morgan fingerprint density at radius 2 is 1.80 bits per heavy atom. The molecule has 1 nitrogen and oxygen atoms in total. The van der Waals surface area contributed by atoms with Crippen molar-refractivity contribution in [3.05, 3.63) is 0 Å². The molecule has 90 valence electrons. The van der Waals surface area contributed by atoms with Crippen LogP contribution in [0, 0.1) is 17.8 Å². The first-order chi connectivity index (χ1) is 7.15. The second kappa shape index (κ2) is 6.52. The second-order valence-corrected chi connectivity index (χ2v) is 5.48. The molecule has 0 bridgehead atoms. The maximum atomic E-state index is 5.96. The third-order valence-corrected chi connectivity index (χ3v) is 4.05. The Kier molecular flexibility index (Phi) is 5.66. The van der Waals surface area contributed by atoms with Crippen LogP contribution in [0.25, 0.3) is 0 Å². The molecule has 1 fully saturated rings. The average molecular weight is 212 g/mol. The van der Waals surface area contributed by atoms with Gasteiger partial charge in [-0.25, -0.2) is 0 Å². The van der Waals surface area contributed by atoms with Crippen molar-refractivity contribution < 1.29 is 4.74 Å². The fraction of sp³-hybridized carbons (Fsp3) is 1.00. The van der Waals surface area contributed by atoms with E-state index in [2.05, 4.69) is 27.7 Å². The largest absolute Gasteiger partial charge is 0.378 e. The van der Waals surface area contributed by atoms with E-state index in [9.17, 15) is 0 Å². The van der Waals surface area contributed by atoms with Gasteiger partial charge in [-0.3, -0.25) is 0 Å². The summed E-state index contributed by atoms with van der Waals surface area (Å²) in [6.07, 6.45) is 7.12. The Labute approximate surface area is 95.6 Å². The van der Waals surface area contributed by atoms with Crippen LogP contribution >= 0.6 is 0 Å². The first kappa shape index (κ1) is 13.0. The molecular weight excluding hydrogens is 184 g/mol. The van der Waals surface area contributed by atoms with Gasteiger partial charge in [0.2, 0.25) is 0 Å². The van der Waals surface area contributed by atoms with E-state index in [0.29, 0.717) is 6.10 Å². The van der Waals surface area contributed by atoms with Gasteiger partial charge in [0.25, 0.3) is 0 Å². The first-order valence-corrected chi connectivity index (χ1v) is 6.76. The molecule has 0 spiro atoms. The van der Waals surface area contributed by atoms with Gasteiger partial charge in [-0.2, -0.15) is 0 Å². The summed E-state index contributed by atoms with van der Waals surface area (Å²) in [7, 11) is 0. The van der Waals surface area contributed by atoms with Gasteiger partial charge >= 0.3 is 0 Å². The molecule has 4 atom stereocenters. The molecule has 1 aliphatic carbocycles. The first-order valence-electron chi connectivity index (χ1n) is 6.76. The zero-order valence-corrected chi connectivity index (χ0v) is 11.0. The summed E-state index contributed by atoms with van der Waals surface area (Å²) in [4.78, 5) is 0. The normalized spacial score (nSPS) is 34.0. The molecule has 0 aromatic carbocycles. The third-order valence-electron chi connectivity index (χ3n) is 4.05. The monoisotopic (exact) mass is 212 g/mol. The van der Waals surface area contributed by atoms with Crippen LogP contribution in [0.2, 0.25) is 0 Å². The van der Waals surface area contributed by atoms with Gasteiger partial charge in [-0.15, -0.1) is 0 Å². The number of hydrogen-bond acceptors (Lipinski definition) is 1.